The molecule has 2 aromatic rings. The lowest BCUT2D eigenvalue weighted by molar-refractivity contribution is -0.137. The number of carboxylic acid groups (broad SMARTS) is 1. The number of hydrogen-bond donors (Lipinski definition) is 2. The Labute approximate surface area is 138 Å². The number of halogens is 1. The number of carboxylic acids is 1. The van der Waals surface area contributed by atoms with E-state index >= 15 is 0 Å². The summed E-state index contributed by atoms with van der Waals surface area (Å²) in [5, 5.41) is 12.5. The average Bonchev–Trinajstić information content (AvgIpc) is 2.90. The Bertz CT molecular complexity index is 782. The number of nitrogens with zero attached hydrogens (tertiary/aromatic N) is 1. The molecule has 0 spiro atoms. The molecule has 2 heterocycles. The fraction of sp³-hybridized carbons (Fsp3) is 0.294. The van der Waals surface area contributed by atoms with Gasteiger partial charge in [-0.3, -0.25) is 9.59 Å². The second kappa shape index (κ2) is 6.08. The van der Waals surface area contributed by atoms with Crippen LogP contribution in [0.2, 0.25) is 5.02 Å². The van der Waals surface area contributed by atoms with E-state index in [0.717, 1.165) is 16.8 Å². The lowest BCUT2D eigenvalue weighted by Gasteiger charge is -2.27. The second-order valence-electron chi connectivity index (χ2n) is 5.59. The highest BCUT2D eigenvalue weighted by Gasteiger charge is 2.30. The first-order valence-corrected chi connectivity index (χ1v) is 7.89. The van der Waals surface area contributed by atoms with Gasteiger partial charge in [0.25, 0.3) is 5.91 Å². The Balaban J connectivity index is 2.17. The summed E-state index contributed by atoms with van der Waals surface area (Å²) >= 11 is 6.08. The summed E-state index contributed by atoms with van der Waals surface area (Å²) in [5.74, 6) is -1.05. The van der Waals surface area contributed by atoms with E-state index in [9.17, 15) is 9.59 Å². The van der Waals surface area contributed by atoms with Gasteiger partial charge in [-0.2, -0.15) is 0 Å². The van der Waals surface area contributed by atoms with E-state index in [2.05, 4.69) is 5.32 Å². The molecule has 0 aliphatic carbocycles. The maximum Gasteiger partial charge on any atom is 0.305 e. The molecule has 5 nitrogen and oxygen atoms in total. The molecular formula is C17H17ClN2O3. The lowest BCUT2D eigenvalue weighted by atomic mass is 10.0. The number of rotatable bonds is 4. The van der Waals surface area contributed by atoms with Crippen LogP contribution in [0.5, 0.6) is 0 Å². The second-order valence-corrected chi connectivity index (χ2v) is 6.02. The summed E-state index contributed by atoms with van der Waals surface area (Å²) in [4.78, 5) is 23.3. The maximum atomic E-state index is 12.2. The van der Waals surface area contributed by atoms with Crippen molar-refractivity contribution in [3.05, 3.63) is 46.7 Å². The number of carbonyl (C=O) groups excluding carboxylic acids is 1. The van der Waals surface area contributed by atoms with Gasteiger partial charge in [0.15, 0.2) is 0 Å². The molecule has 0 radical (unpaired) electrons. The third-order valence-corrected chi connectivity index (χ3v) is 4.35. The van der Waals surface area contributed by atoms with Gasteiger partial charge < -0.3 is 15.0 Å². The number of nitrogens with one attached hydrogen (secondary N) is 1. The number of aromatic nitrogens is 1. The van der Waals surface area contributed by atoms with Crippen LogP contribution in [0.15, 0.2) is 30.3 Å². The Morgan fingerprint density at radius 2 is 2.22 bits per heavy atom. The third-order valence-electron chi connectivity index (χ3n) is 4.12. The number of fused-ring (bicyclic) bond motifs is 1. The molecule has 0 fully saturated rings. The van der Waals surface area contributed by atoms with Crippen LogP contribution >= 0.6 is 11.6 Å². The normalized spacial score (nSPS) is 16.8. The zero-order valence-electron chi connectivity index (χ0n) is 12.7. The molecule has 1 aliphatic rings. The predicted octanol–water partition coefficient (Wildman–Crippen LogP) is 3.13. The molecule has 0 bridgehead atoms. The van der Waals surface area contributed by atoms with Crippen molar-refractivity contribution in [1.29, 1.82) is 0 Å². The molecule has 1 aromatic heterocycles. The maximum absolute atomic E-state index is 12.2. The van der Waals surface area contributed by atoms with Crippen LogP contribution in [0.4, 0.5) is 0 Å². The van der Waals surface area contributed by atoms with E-state index < -0.39 is 5.97 Å². The van der Waals surface area contributed by atoms with Crippen molar-refractivity contribution in [2.45, 2.75) is 25.8 Å². The van der Waals surface area contributed by atoms with Gasteiger partial charge in [0, 0.05) is 22.8 Å². The van der Waals surface area contributed by atoms with E-state index in [1.807, 2.05) is 35.8 Å². The van der Waals surface area contributed by atoms with Crippen molar-refractivity contribution in [3.8, 4) is 11.1 Å². The lowest BCUT2D eigenvalue weighted by Crippen LogP contribution is -2.40. The fourth-order valence-corrected chi connectivity index (χ4v) is 3.37. The first-order chi connectivity index (χ1) is 11.0. The number of aliphatic carboxylic acids is 1. The number of amides is 1. The van der Waals surface area contributed by atoms with Crippen molar-refractivity contribution >= 4 is 23.5 Å². The summed E-state index contributed by atoms with van der Waals surface area (Å²) in [6.07, 6.45) is 0.676. The highest BCUT2D eigenvalue weighted by Crippen LogP contribution is 2.34. The minimum atomic E-state index is -0.878. The molecule has 120 valence electrons. The van der Waals surface area contributed by atoms with Gasteiger partial charge in [-0.25, -0.2) is 0 Å². The topological polar surface area (TPSA) is 71.3 Å². The van der Waals surface area contributed by atoms with Crippen LogP contribution < -0.4 is 5.32 Å². The summed E-state index contributed by atoms with van der Waals surface area (Å²) in [7, 11) is 0. The van der Waals surface area contributed by atoms with Crippen LogP contribution in [0, 0.1) is 0 Å². The number of benzene rings is 1. The Kier molecular flexibility index (Phi) is 4.13. The van der Waals surface area contributed by atoms with Crippen molar-refractivity contribution in [2.75, 3.05) is 6.54 Å². The van der Waals surface area contributed by atoms with Gasteiger partial charge >= 0.3 is 5.97 Å². The largest absolute Gasteiger partial charge is 0.481 e. The van der Waals surface area contributed by atoms with Gasteiger partial charge in [-0.1, -0.05) is 30.7 Å². The molecule has 0 saturated carbocycles. The Hall–Kier alpha value is -2.27. The van der Waals surface area contributed by atoms with Crippen LogP contribution in [0.3, 0.4) is 0 Å². The van der Waals surface area contributed by atoms with Gasteiger partial charge in [0.1, 0.15) is 5.69 Å². The summed E-state index contributed by atoms with van der Waals surface area (Å²) in [5.41, 5.74) is 3.33. The predicted molar refractivity (Wildman–Crippen MR) is 87.9 cm³/mol. The molecule has 2 N–H and O–H groups in total. The molecule has 1 aliphatic heterocycles. The van der Waals surface area contributed by atoms with Crippen molar-refractivity contribution < 1.29 is 14.7 Å². The molecule has 1 unspecified atom stereocenters. The first-order valence-electron chi connectivity index (χ1n) is 7.51. The third kappa shape index (κ3) is 2.84. The minimum absolute atomic E-state index is 0.0239. The molecule has 6 heteroatoms. The average molecular weight is 333 g/mol. The highest BCUT2D eigenvalue weighted by atomic mass is 35.5. The number of carbonyl (C=O) groups is 2. The fourth-order valence-electron chi connectivity index (χ4n) is 3.18. The van der Waals surface area contributed by atoms with E-state index in [4.69, 9.17) is 16.7 Å². The highest BCUT2D eigenvalue weighted by molar-refractivity contribution is 6.30. The molecule has 1 aromatic carbocycles. The number of hydrogen-bond acceptors (Lipinski definition) is 2. The van der Waals surface area contributed by atoms with Gasteiger partial charge in [0.2, 0.25) is 0 Å². The minimum Gasteiger partial charge on any atom is -0.481 e. The molecule has 3 rings (SSSR count). The zero-order chi connectivity index (χ0) is 16.6. The first kappa shape index (κ1) is 15.6. The standard InChI is InChI=1S/C17H17ClN2O3/c1-2-14-13(10-4-3-5-11(18)6-10)8-15-17(23)19-9-12(20(14)15)7-16(21)22/h3-6,8,12H,2,7,9H2,1H3,(H,19,23)(H,21,22). The monoisotopic (exact) mass is 332 g/mol. The Morgan fingerprint density at radius 1 is 1.43 bits per heavy atom. The SMILES string of the molecule is CCc1c(-c2cccc(Cl)c2)cc2n1C(CC(=O)O)CNC2=O. The van der Waals surface area contributed by atoms with Crippen LogP contribution in [0.1, 0.15) is 35.6 Å². The summed E-state index contributed by atoms with van der Waals surface area (Å²) in [6.45, 7) is 2.33. The Morgan fingerprint density at radius 3 is 2.87 bits per heavy atom. The van der Waals surface area contributed by atoms with Crippen LogP contribution in [0.25, 0.3) is 11.1 Å². The van der Waals surface area contributed by atoms with E-state index in [1.54, 1.807) is 6.07 Å². The summed E-state index contributed by atoms with van der Waals surface area (Å²) in [6, 6.07) is 9.01. The van der Waals surface area contributed by atoms with Crippen molar-refractivity contribution in [2.24, 2.45) is 0 Å². The van der Waals surface area contributed by atoms with Gasteiger partial charge in [0.05, 0.1) is 12.5 Å². The van der Waals surface area contributed by atoms with E-state index in [-0.39, 0.29) is 18.4 Å². The van der Waals surface area contributed by atoms with Crippen molar-refractivity contribution in [3.63, 3.8) is 0 Å². The molecule has 23 heavy (non-hydrogen) atoms. The molecular weight excluding hydrogens is 316 g/mol. The van der Waals surface area contributed by atoms with Gasteiger partial charge in [-0.15, -0.1) is 0 Å². The van der Waals surface area contributed by atoms with Crippen molar-refractivity contribution in [1.82, 2.24) is 9.88 Å². The van der Waals surface area contributed by atoms with Crippen LogP contribution in [-0.4, -0.2) is 28.1 Å². The molecule has 0 saturated heterocycles. The van der Waals surface area contributed by atoms with Crippen LogP contribution in [-0.2, 0) is 11.2 Å². The smallest absolute Gasteiger partial charge is 0.305 e. The van der Waals surface area contributed by atoms with Gasteiger partial charge in [-0.05, 0) is 30.2 Å². The zero-order valence-corrected chi connectivity index (χ0v) is 13.4. The molecule has 1 atom stereocenters. The van der Waals surface area contributed by atoms with E-state index in [0.29, 0.717) is 23.7 Å². The molecule has 1 amide bonds. The van der Waals surface area contributed by atoms with E-state index in [1.165, 1.54) is 0 Å². The summed E-state index contributed by atoms with van der Waals surface area (Å²) < 4.78 is 1.88. The quantitative estimate of drug-likeness (QED) is 0.903.